The van der Waals surface area contributed by atoms with Gasteiger partial charge in [-0.3, -0.25) is 9.59 Å². The Morgan fingerprint density at radius 3 is 2.20 bits per heavy atom. The van der Waals surface area contributed by atoms with Crippen molar-refractivity contribution in [2.45, 2.75) is 45.4 Å². The summed E-state index contributed by atoms with van der Waals surface area (Å²) in [6.07, 6.45) is 2.01. The molecule has 0 aliphatic heterocycles. The molecule has 0 aromatic heterocycles. The summed E-state index contributed by atoms with van der Waals surface area (Å²) in [5.74, 6) is -0.623. The van der Waals surface area contributed by atoms with Crippen LogP contribution in [0, 0.1) is 11.3 Å². The largest absolute Gasteiger partial charge is 0.481 e. The van der Waals surface area contributed by atoms with E-state index in [9.17, 15) is 14.4 Å². The molecule has 7 heteroatoms. The summed E-state index contributed by atoms with van der Waals surface area (Å²) in [4.78, 5) is 38.8. The Hall–Kier alpha value is -3.35. The summed E-state index contributed by atoms with van der Waals surface area (Å²) in [6, 6.07) is 16.3. The summed E-state index contributed by atoms with van der Waals surface area (Å²) in [7, 11) is 0. The van der Waals surface area contributed by atoms with E-state index in [2.05, 4.69) is 29.6 Å². The summed E-state index contributed by atoms with van der Waals surface area (Å²) >= 11 is 0. The molecule has 4 rings (SSSR count). The monoisotopic (exact) mass is 478 g/mol. The molecule has 2 aromatic carbocycles. The SMILES string of the molecule is CCC(C)(CNC(=O)OCC1c2ccccc2-c2ccccc21)C(=O)N(CCC(=O)O)CC1CC1. The second-order valence-corrected chi connectivity index (χ2v) is 9.93. The minimum atomic E-state index is -0.923. The van der Waals surface area contributed by atoms with Crippen LogP contribution in [-0.2, 0) is 14.3 Å². The molecule has 2 N–H and O–H groups in total. The number of aliphatic carboxylic acids is 1. The van der Waals surface area contributed by atoms with Gasteiger partial charge in [-0.05, 0) is 54.4 Å². The van der Waals surface area contributed by atoms with Crippen LogP contribution in [0.15, 0.2) is 48.5 Å². The number of alkyl carbamates (subject to hydrolysis) is 1. The number of benzene rings is 2. The minimum Gasteiger partial charge on any atom is -0.481 e. The molecule has 2 aliphatic carbocycles. The van der Waals surface area contributed by atoms with E-state index in [-0.39, 0.29) is 37.9 Å². The van der Waals surface area contributed by atoms with Crippen molar-refractivity contribution in [3.05, 3.63) is 59.7 Å². The summed E-state index contributed by atoms with van der Waals surface area (Å²) in [6.45, 7) is 4.83. The fourth-order valence-corrected chi connectivity index (χ4v) is 4.77. The van der Waals surface area contributed by atoms with Crippen LogP contribution in [-0.4, -0.2) is 54.2 Å². The third kappa shape index (κ3) is 5.66. The highest BCUT2D eigenvalue weighted by molar-refractivity contribution is 5.84. The number of amides is 2. The Morgan fingerprint density at radius 1 is 1.06 bits per heavy atom. The van der Waals surface area contributed by atoms with Gasteiger partial charge in [0.05, 0.1) is 11.8 Å². The Morgan fingerprint density at radius 2 is 1.66 bits per heavy atom. The van der Waals surface area contributed by atoms with Crippen molar-refractivity contribution in [3.8, 4) is 11.1 Å². The molecule has 186 valence electrons. The van der Waals surface area contributed by atoms with Crippen LogP contribution in [0.1, 0.15) is 56.6 Å². The molecule has 1 fully saturated rings. The Bertz CT molecular complexity index is 1050. The van der Waals surface area contributed by atoms with E-state index in [0.29, 0.717) is 18.9 Å². The summed E-state index contributed by atoms with van der Waals surface area (Å²) in [5, 5.41) is 11.9. The van der Waals surface area contributed by atoms with E-state index in [1.165, 1.54) is 11.1 Å². The van der Waals surface area contributed by atoms with Crippen molar-refractivity contribution in [1.82, 2.24) is 10.2 Å². The number of carboxylic acid groups (broad SMARTS) is 1. The van der Waals surface area contributed by atoms with Crippen LogP contribution in [0.3, 0.4) is 0 Å². The van der Waals surface area contributed by atoms with Crippen molar-refractivity contribution in [2.24, 2.45) is 11.3 Å². The zero-order valence-electron chi connectivity index (χ0n) is 20.5. The zero-order chi connectivity index (χ0) is 25.0. The fourth-order valence-electron chi connectivity index (χ4n) is 4.77. The molecule has 1 unspecified atom stereocenters. The number of carbonyl (C=O) groups excluding carboxylic acids is 2. The highest BCUT2D eigenvalue weighted by atomic mass is 16.5. The molecule has 0 bridgehead atoms. The average Bonchev–Trinajstić information content (AvgIpc) is 3.63. The van der Waals surface area contributed by atoms with E-state index in [0.717, 1.165) is 24.0 Å². The first kappa shape index (κ1) is 24.8. The van der Waals surface area contributed by atoms with Gasteiger partial charge in [-0.15, -0.1) is 0 Å². The van der Waals surface area contributed by atoms with Gasteiger partial charge in [-0.25, -0.2) is 4.79 Å². The predicted octanol–water partition coefficient (Wildman–Crippen LogP) is 4.65. The van der Waals surface area contributed by atoms with E-state index < -0.39 is 17.5 Å². The van der Waals surface area contributed by atoms with Crippen molar-refractivity contribution < 1.29 is 24.2 Å². The maximum atomic E-state index is 13.4. The number of rotatable bonds is 11. The molecular formula is C28H34N2O5. The molecule has 1 saturated carbocycles. The summed E-state index contributed by atoms with van der Waals surface area (Å²) < 4.78 is 5.62. The van der Waals surface area contributed by atoms with E-state index in [1.807, 2.05) is 38.1 Å². The molecule has 0 radical (unpaired) electrons. The predicted molar refractivity (Wildman–Crippen MR) is 133 cm³/mol. The lowest BCUT2D eigenvalue weighted by molar-refractivity contribution is -0.143. The van der Waals surface area contributed by atoms with Crippen LogP contribution in [0.4, 0.5) is 4.79 Å². The zero-order valence-corrected chi connectivity index (χ0v) is 20.5. The molecular weight excluding hydrogens is 444 g/mol. The topological polar surface area (TPSA) is 95.9 Å². The van der Waals surface area contributed by atoms with Crippen LogP contribution in [0.25, 0.3) is 11.1 Å². The van der Waals surface area contributed by atoms with Crippen molar-refractivity contribution in [1.29, 1.82) is 0 Å². The van der Waals surface area contributed by atoms with Gasteiger partial charge in [0.1, 0.15) is 6.61 Å². The number of fused-ring (bicyclic) bond motifs is 3. The molecule has 0 heterocycles. The van der Waals surface area contributed by atoms with Crippen LogP contribution >= 0.6 is 0 Å². The van der Waals surface area contributed by atoms with Crippen molar-refractivity contribution >= 4 is 18.0 Å². The number of hydrogen-bond donors (Lipinski definition) is 2. The number of nitrogens with zero attached hydrogens (tertiary/aromatic N) is 1. The third-order valence-corrected chi connectivity index (χ3v) is 7.32. The smallest absolute Gasteiger partial charge is 0.407 e. The van der Waals surface area contributed by atoms with E-state index >= 15 is 0 Å². The second-order valence-electron chi connectivity index (χ2n) is 9.93. The maximum Gasteiger partial charge on any atom is 0.407 e. The Labute approximate surface area is 206 Å². The lowest BCUT2D eigenvalue weighted by Crippen LogP contribution is -2.49. The number of nitrogens with one attached hydrogen (secondary N) is 1. The summed E-state index contributed by atoms with van der Waals surface area (Å²) in [5.41, 5.74) is 3.78. The molecule has 2 aliphatic rings. The van der Waals surface area contributed by atoms with Gasteiger partial charge in [-0.2, -0.15) is 0 Å². The Kier molecular flexibility index (Phi) is 7.43. The number of ether oxygens (including phenoxy) is 1. The molecule has 1 atom stereocenters. The standard InChI is InChI=1S/C28H34N2O5/c1-3-28(2,26(33)30(15-14-25(31)32)16-19-12-13-19)18-29-27(34)35-17-24-22-10-6-4-8-20(22)21-9-5-7-11-23(21)24/h4-11,19,24H,3,12-18H2,1-2H3,(H,29,34)(H,31,32). The lowest BCUT2D eigenvalue weighted by Gasteiger charge is -2.34. The lowest BCUT2D eigenvalue weighted by atomic mass is 9.85. The van der Waals surface area contributed by atoms with E-state index in [1.54, 1.807) is 4.90 Å². The number of carbonyl (C=O) groups is 3. The molecule has 7 nitrogen and oxygen atoms in total. The van der Waals surface area contributed by atoms with Crippen LogP contribution < -0.4 is 5.32 Å². The van der Waals surface area contributed by atoms with Crippen LogP contribution in [0.2, 0.25) is 0 Å². The normalized spacial score (nSPS) is 16.1. The first-order valence-electron chi connectivity index (χ1n) is 12.4. The molecule has 0 spiro atoms. The third-order valence-electron chi connectivity index (χ3n) is 7.32. The Balaban J connectivity index is 1.36. The van der Waals surface area contributed by atoms with Gasteiger partial charge in [0.2, 0.25) is 5.91 Å². The van der Waals surface area contributed by atoms with Crippen LogP contribution in [0.5, 0.6) is 0 Å². The molecule has 2 aromatic rings. The molecule has 0 saturated heterocycles. The molecule has 35 heavy (non-hydrogen) atoms. The maximum absolute atomic E-state index is 13.4. The van der Waals surface area contributed by atoms with Crippen molar-refractivity contribution in [2.75, 3.05) is 26.2 Å². The van der Waals surface area contributed by atoms with Gasteiger partial charge in [0, 0.05) is 25.6 Å². The first-order chi connectivity index (χ1) is 16.8. The van der Waals surface area contributed by atoms with Crippen molar-refractivity contribution in [3.63, 3.8) is 0 Å². The minimum absolute atomic E-state index is 0.0302. The quantitative estimate of drug-likeness (QED) is 0.490. The second kappa shape index (κ2) is 10.5. The van der Waals surface area contributed by atoms with Gasteiger partial charge in [-0.1, -0.05) is 55.5 Å². The first-order valence-corrected chi connectivity index (χ1v) is 12.4. The average molecular weight is 479 g/mol. The highest BCUT2D eigenvalue weighted by Crippen LogP contribution is 2.44. The highest BCUT2D eigenvalue weighted by Gasteiger charge is 2.38. The van der Waals surface area contributed by atoms with Gasteiger partial charge < -0.3 is 20.1 Å². The number of hydrogen-bond acceptors (Lipinski definition) is 4. The van der Waals surface area contributed by atoms with Gasteiger partial charge in [0.15, 0.2) is 0 Å². The fraction of sp³-hybridized carbons (Fsp3) is 0.464. The number of carboxylic acids is 1. The van der Waals surface area contributed by atoms with Gasteiger partial charge in [0.25, 0.3) is 0 Å². The molecule has 2 amide bonds. The van der Waals surface area contributed by atoms with E-state index in [4.69, 9.17) is 9.84 Å². The van der Waals surface area contributed by atoms with Gasteiger partial charge >= 0.3 is 12.1 Å².